The molecule has 80 valence electrons. The molecule has 0 saturated heterocycles. The number of methoxy groups -OCH3 is 1. The van der Waals surface area contributed by atoms with Crippen molar-refractivity contribution in [3.8, 4) is 0 Å². The summed E-state index contributed by atoms with van der Waals surface area (Å²) in [6, 6.07) is 2.50. The standard InChI is InChI=1S/C11H20N2O/c1-9(10(2)14-4)12-7-11-5-6-13(3)8-11/h5-6,8-10,12H,7H2,1-4H3. The molecule has 0 aromatic carbocycles. The van der Waals surface area contributed by atoms with Gasteiger partial charge in [0.25, 0.3) is 0 Å². The first kappa shape index (κ1) is 11.3. The Kier molecular flexibility index (Phi) is 4.17. The van der Waals surface area contributed by atoms with Crippen molar-refractivity contribution >= 4 is 0 Å². The van der Waals surface area contributed by atoms with Crippen molar-refractivity contribution in [2.45, 2.75) is 32.5 Å². The first-order chi connectivity index (χ1) is 6.63. The fourth-order valence-electron chi connectivity index (χ4n) is 1.31. The predicted molar refractivity (Wildman–Crippen MR) is 58.2 cm³/mol. The molecule has 3 heteroatoms. The zero-order chi connectivity index (χ0) is 10.6. The molecule has 1 aromatic heterocycles. The van der Waals surface area contributed by atoms with Gasteiger partial charge in [0.15, 0.2) is 0 Å². The highest BCUT2D eigenvalue weighted by Crippen LogP contribution is 2.01. The summed E-state index contributed by atoms with van der Waals surface area (Å²) in [5.41, 5.74) is 1.31. The number of nitrogens with one attached hydrogen (secondary N) is 1. The normalized spacial score (nSPS) is 15.4. The van der Waals surface area contributed by atoms with Crippen LogP contribution in [0, 0.1) is 0 Å². The number of aromatic nitrogens is 1. The van der Waals surface area contributed by atoms with E-state index in [0.29, 0.717) is 6.04 Å². The van der Waals surface area contributed by atoms with E-state index in [9.17, 15) is 0 Å². The van der Waals surface area contributed by atoms with Crippen molar-refractivity contribution in [1.29, 1.82) is 0 Å². The molecule has 14 heavy (non-hydrogen) atoms. The fourth-order valence-corrected chi connectivity index (χ4v) is 1.31. The topological polar surface area (TPSA) is 26.2 Å². The molecular formula is C11H20N2O. The number of hydrogen-bond acceptors (Lipinski definition) is 2. The third kappa shape index (κ3) is 3.16. The molecule has 0 spiro atoms. The third-order valence-corrected chi connectivity index (χ3v) is 2.60. The van der Waals surface area contributed by atoms with E-state index in [4.69, 9.17) is 4.74 Å². The van der Waals surface area contributed by atoms with Crippen LogP contribution in [-0.2, 0) is 18.3 Å². The van der Waals surface area contributed by atoms with Crippen molar-refractivity contribution in [1.82, 2.24) is 9.88 Å². The molecule has 1 rings (SSSR count). The van der Waals surface area contributed by atoms with Crippen LogP contribution in [0.15, 0.2) is 18.5 Å². The minimum atomic E-state index is 0.249. The average molecular weight is 196 g/mol. The van der Waals surface area contributed by atoms with Crippen molar-refractivity contribution in [3.63, 3.8) is 0 Å². The molecule has 0 radical (unpaired) electrons. The van der Waals surface area contributed by atoms with Gasteiger partial charge in [0.1, 0.15) is 0 Å². The lowest BCUT2D eigenvalue weighted by atomic mass is 10.2. The van der Waals surface area contributed by atoms with E-state index in [0.717, 1.165) is 6.54 Å². The summed E-state index contributed by atoms with van der Waals surface area (Å²) < 4.78 is 7.29. The molecule has 0 aliphatic rings. The van der Waals surface area contributed by atoms with Crippen LogP contribution >= 0.6 is 0 Å². The quantitative estimate of drug-likeness (QED) is 0.773. The summed E-state index contributed by atoms with van der Waals surface area (Å²) >= 11 is 0. The van der Waals surface area contributed by atoms with Crippen LogP contribution in [0.3, 0.4) is 0 Å². The molecule has 0 amide bonds. The Labute approximate surface area is 86.1 Å². The van der Waals surface area contributed by atoms with Crippen molar-refractivity contribution in [2.75, 3.05) is 7.11 Å². The summed E-state index contributed by atoms with van der Waals surface area (Å²) in [7, 11) is 3.77. The van der Waals surface area contributed by atoms with Crippen LogP contribution in [0.25, 0.3) is 0 Å². The Morgan fingerprint density at radius 2 is 2.21 bits per heavy atom. The van der Waals surface area contributed by atoms with Gasteiger partial charge in [-0.25, -0.2) is 0 Å². The maximum atomic E-state index is 5.24. The maximum Gasteiger partial charge on any atom is 0.0693 e. The highest BCUT2D eigenvalue weighted by Gasteiger charge is 2.09. The number of rotatable bonds is 5. The minimum absolute atomic E-state index is 0.249. The lowest BCUT2D eigenvalue weighted by Gasteiger charge is -2.19. The molecule has 2 atom stereocenters. The summed E-state index contributed by atoms with van der Waals surface area (Å²) in [5, 5.41) is 3.42. The minimum Gasteiger partial charge on any atom is -0.380 e. The molecular weight excluding hydrogens is 176 g/mol. The molecule has 0 bridgehead atoms. The van der Waals surface area contributed by atoms with E-state index in [-0.39, 0.29) is 6.10 Å². The van der Waals surface area contributed by atoms with Gasteiger partial charge in [0.05, 0.1) is 6.10 Å². The molecule has 1 aromatic rings. The van der Waals surface area contributed by atoms with Crippen molar-refractivity contribution in [3.05, 3.63) is 24.0 Å². The van der Waals surface area contributed by atoms with Gasteiger partial charge in [0.2, 0.25) is 0 Å². The highest BCUT2D eigenvalue weighted by molar-refractivity contribution is 5.09. The van der Waals surface area contributed by atoms with Gasteiger partial charge in [-0.15, -0.1) is 0 Å². The smallest absolute Gasteiger partial charge is 0.0693 e. The molecule has 0 saturated carbocycles. The second-order valence-electron chi connectivity index (χ2n) is 3.80. The zero-order valence-corrected chi connectivity index (χ0v) is 9.45. The molecule has 0 fully saturated rings. The van der Waals surface area contributed by atoms with Gasteiger partial charge < -0.3 is 14.6 Å². The Bertz CT molecular complexity index is 270. The van der Waals surface area contributed by atoms with E-state index in [1.54, 1.807) is 7.11 Å². The molecule has 0 aliphatic carbocycles. The predicted octanol–water partition coefficient (Wildman–Crippen LogP) is 1.54. The van der Waals surface area contributed by atoms with Gasteiger partial charge in [-0.1, -0.05) is 0 Å². The lowest BCUT2D eigenvalue weighted by Crippen LogP contribution is -2.36. The Morgan fingerprint density at radius 3 is 2.71 bits per heavy atom. The van der Waals surface area contributed by atoms with E-state index >= 15 is 0 Å². The fraction of sp³-hybridized carbons (Fsp3) is 0.636. The van der Waals surface area contributed by atoms with Crippen LogP contribution in [0.2, 0.25) is 0 Å². The first-order valence-electron chi connectivity index (χ1n) is 5.00. The summed E-state index contributed by atoms with van der Waals surface area (Å²) in [6.07, 6.45) is 4.43. The number of ether oxygens (including phenoxy) is 1. The van der Waals surface area contributed by atoms with Crippen LogP contribution in [0.5, 0.6) is 0 Å². The molecule has 0 aliphatic heterocycles. The number of hydrogen-bond donors (Lipinski definition) is 1. The largest absolute Gasteiger partial charge is 0.380 e. The van der Waals surface area contributed by atoms with Gasteiger partial charge in [0, 0.05) is 39.1 Å². The average Bonchev–Trinajstić information content (AvgIpc) is 2.59. The van der Waals surface area contributed by atoms with E-state index < -0.39 is 0 Å². The van der Waals surface area contributed by atoms with Gasteiger partial charge in [-0.2, -0.15) is 0 Å². The Morgan fingerprint density at radius 1 is 1.50 bits per heavy atom. The molecule has 3 nitrogen and oxygen atoms in total. The van der Waals surface area contributed by atoms with E-state index in [1.165, 1.54) is 5.56 Å². The second-order valence-corrected chi connectivity index (χ2v) is 3.80. The van der Waals surface area contributed by atoms with E-state index in [1.807, 2.05) is 7.05 Å². The van der Waals surface area contributed by atoms with E-state index in [2.05, 4.69) is 42.2 Å². The van der Waals surface area contributed by atoms with Crippen LogP contribution in [-0.4, -0.2) is 23.8 Å². The molecule has 1 N–H and O–H groups in total. The highest BCUT2D eigenvalue weighted by atomic mass is 16.5. The van der Waals surface area contributed by atoms with Crippen molar-refractivity contribution < 1.29 is 4.74 Å². The van der Waals surface area contributed by atoms with Crippen LogP contribution < -0.4 is 5.32 Å². The van der Waals surface area contributed by atoms with Crippen LogP contribution in [0.4, 0.5) is 0 Å². The lowest BCUT2D eigenvalue weighted by molar-refractivity contribution is 0.0882. The number of aryl methyl sites for hydroxylation is 1. The second kappa shape index (κ2) is 5.17. The molecule has 1 heterocycles. The third-order valence-electron chi connectivity index (χ3n) is 2.60. The van der Waals surface area contributed by atoms with Crippen molar-refractivity contribution in [2.24, 2.45) is 7.05 Å². The van der Waals surface area contributed by atoms with Gasteiger partial charge in [-0.3, -0.25) is 0 Å². The maximum absolute atomic E-state index is 5.24. The van der Waals surface area contributed by atoms with Gasteiger partial charge >= 0.3 is 0 Å². The SMILES string of the molecule is COC(C)C(C)NCc1ccn(C)c1. The zero-order valence-electron chi connectivity index (χ0n) is 9.45. The summed E-state index contributed by atoms with van der Waals surface area (Å²) in [6.45, 7) is 5.11. The van der Waals surface area contributed by atoms with Gasteiger partial charge in [-0.05, 0) is 25.5 Å². The summed E-state index contributed by atoms with van der Waals surface area (Å²) in [5.74, 6) is 0. The Hall–Kier alpha value is -0.800. The van der Waals surface area contributed by atoms with Crippen LogP contribution in [0.1, 0.15) is 19.4 Å². The number of nitrogens with zero attached hydrogens (tertiary/aromatic N) is 1. The molecule has 2 unspecified atom stereocenters. The summed E-state index contributed by atoms with van der Waals surface area (Å²) in [4.78, 5) is 0. The Balaban J connectivity index is 2.33. The monoisotopic (exact) mass is 196 g/mol. The first-order valence-corrected chi connectivity index (χ1v) is 5.00.